The number of nitrogens with two attached hydrogens (primary N) is 1. The Morgan fingerprint density at radius 3 is 2.28 bits per heavy atom. The molecule has 0 heterocycles. The largest absolute Gasteiger partial charge is 0.368 e. The van der Waals surface area contributed by atoms with Gasteiger partial charge in [-0.2, -0.15) is 4.72 Å². The molecule has 0 unspecified atom stereocenters. The number of nitro groups is 1. The lowest BCUT2D eigenvalue weighted by atomic mass is 9.93. The van der Waals surface area contributed by atoms with Crippen LogP contribution in [0.1, 0.15) is 18.1 Å². The molecule has 0 aliphatic heterocycles. The van der Waals surface area contributed by atoms with Crippen LogP contribution in [-0.2, 0) is 20.4 Å². The van der Waals surface area contributed by atoms with Gasteiger partial charge in [0.1, 0.15) is 5.54 Å². The predicted octanol–water partition coefficient (Wildman–Crippen LogP) is 1.58. The van der Waals surface area contributed by atoms with Gasteiger partial charge in [0, 0.05) is 6.07 Å². The summed E-state index contributed by atoms with van der Waals surface area (Å²) in [7, 11) is -4.41. The molecule has 3 N–H and O–H groups in total. The first-order chi connectivity index (χ1) is 11.6. The van der Waals surface area contributed by atoms with Crippen molar-refractivity contribution in [2.75, 3.05) is 0 Å². The fraction of sp³-hybridized carbons (Fsp3) is 0.188. The highest BCUT2D eigenvalue weighted by molar-refractivity contribution is 7.89. The third-order valence-electron chi connectivity index (χ3n) is 3.84. The van der Waals surface area contributed by atoms with Gasteiger partial charge in [-0.25, -0.2) is 8.42 Å². The first kappa shape index (κ1) is 18.6. The molecule has 1 amide bonds. The molecule has 0 fully saturated rings. The molecule has 0 aliphatic carbocycles. The number of hydrogen-bond acceptors (Lipinski definition) is 5. The summed E-state index contributed by atoms with van der Waals surface area (Å²) in [6.07, 6.45) is 0. The van der Waals surface area contributed by atoms with Crippen molar-refractivity contribution in [1.82, 2.24) is 4.72 Å². The lowest BCUT2D eigenvalue weighted by molar-refractivity contribution is -0.387. The van der Waals surface area contributed by atoms with E-state index < -0.39 is 37.0 Å². The summed E-state index contributed by atoms with van der Waals surface area (Å²) >= 11 is 0. The number of amides is 1. The molecule has 0 radical (unpaired) electrons. The fourth-order valence-corrected chi connectivity index (χ4v) is 4.24. The third kappa shape index (κ3) is 3.52. The average molecular weight is 363 g/mol. The second-order valence-corrected chi connectivity index (χ2v) is 7.26. The minimum atomic E-state index is -4.41. The molecule has 2 aromatic rings. The minimum absolute atomic E-state index is 0.182. The van der Waals surface area contributed by atoms with E-state index in [0.717, 1.165) is 6.07 Å². The molecular weight excluding hydrogens is 346 g/mol. The molecular formula is C16H17N3O5S. The highest BCUT2D eigenvalue weighted by Crippen LogP contribution is 2.30. The Labute approximate surface area is 144 Å². The van der Waals surface area contributed by atoms with Gasteiger partial charge in [-0.15, -0.1) is 0 Å². The number of aryl methyl sites for hydroxylation is 1. The number of rotatable bonds is 6. The van der Waals surface area contributed by atoms with Gasteiger partial charge < -0.3 is 5.73 Å². The van der Waals surface area contributed by atoms with E-state index in [2.05, 4.69) is 4.72 Å². The van der Waals surface area contributed by atoms with Crippen molar-refractivity contribution >= 4 is 21.6 Å². The van der Waals surface area contributed by atoms with Crippen LogP contribution >= 0.6 is 0 Å². The van der Waals surface area contributed by atoms with Crippen molar-refractivity contribution in [3.8, 4) is 0 Å². The number of carbonyl (C=O) groups excluding carboxylic acids is 1. The van der Waals surface area contributed by atoms with E-state index in [1.165, 1.54) is 26.0 Å². The highest BCUT2D eigenvalue weighted by Gasteiger charge is 2.40. The summed E-state index contributed by atoms with van der Waals surface area (Å²) in [6, 6.07) is 11.9. The highest BCUT2D eigenvalue weighted by atomic mass is 32.2. The van der Waals surface area contributed by atoms with Crippen LogP contribution in [0, 0.1) is 17.0 Å². The molecule has 0 aromatic heterocycles. The second kappa shape index (κ2) is 6.61. The van der Waals surface area contributed by atoms with E-state index in [9.17, 15) is 23.3 Å². The molecule has 9 heteroatoms. The predicted molar refractivity (Wildman–Crippen MR) is 91.1 cm³/mol. The van der Waals surface area contributed by atoms with E-state index in [-0.39, 0.29) is 5.56 Å². The van der Waals surface area contributed by atoms with Crippen LogP contribution in [0.15, 0.2) is 53.4 Å². The monoisotopic (exact) mass is 363 g/mol. The summed E-state index contributed by atoms with van der Waals surface area (Å²) in [4.78, 5) is 21.9. The smallest absolute Gasteiger partial charge is 0.289 e. The van der Waals surface area contributed by atoms with E-state index >= 15 is 0 Å². The molecule has 0 bridgehead atoms. The molecule has 0 spiro atoms. The summed E-state index contributed by atoms with van der Waals surface area (Å²) < 4.78 is 27.9. The molecule has 25 heavy (non-hydrogen) atoms. The molecule has 0 aliphatic rings. The molecule has 0 saturated heterocycles. The van der Waals surface area contributed by atoms with Gasteiger partial charge in [0.05, 0.1) is 4.92 Å². The van der Waals surface area contributed by atoms with Gasteiger partial charge in [0.25, 0.3) is 5.69 Å². The quantitative estimate of drug-likeness (QED) is 0.594. The van der Waals surface area contributed by atoms with Crippen LogP contribution in [0.3, 0.4) is 0 Å². The zero-order chi connectivity index (χ0) is 18.8. The standard InChI is InChI=1S/C16H17N3O5S/c1-11-7-6-10-13(19(21)22)14(11)25(23,24)18-16(2,15(17)20)12-8-4-3-5-9-12/h3-10,18H,1-2H3,(H2,17,20)/t16-/m0/s1. The normalized spacial score (nSPS) is 13.8. The van der Waals surface area contributed by atoms with Gasteiger partial charge in [-0.05, 0) is 25.0 Å². The Balaban J connectivity index is 2.62. The maximum Gasteiger partial charge on any atom is 0.289 e. The number of nitrogens with zero attached hydrogens (tertiary/aromatic N) is 1. The summed E-state index contributed by atoms with van der Waals surface area (Å²) in [6.45, 7) is 2.75. The van der Waals surface area contributed by atoms with E-state index in [0.29, 0.717) is 5.56 Å². The van der Waals surface area contributed by atoms with E-state index in [1.54, 1.807) is 30.3 Å². The first-order valence-electron chi connectivity index (χ1n) is 7.23. The van der Waals surface area contributed by atoms with E-state index in [4.69, 9.17) is 5.73 Å². The van der Waals surface area contributed by atoms with Gasteiger partial charge in [-0.1, -0.05) is 42.5 Å². The van der Waals surface area contributed by atoms with Crippen LogP contribution in [0.5, 0.6) is 0 Å². The van der Waals surface area contributed by atoms with Gasteiger partial charge in [0.2, 0.25) is 15.9 Å². The molecule has 2 rings (SSSR count). The van der Waals surface area contributed by atoms with E-state index in [1.807, 2.05) is 0 Å². The zero-order valence-corrected chi connectivity index (χ0v) is 14.4. The van der Waals surface area contributed by atoms with Crippen LogP contribution in [0.2, 0.25) is 0 Å². The summed E-state index contributed by atoms with van der Waals surface area (Å²) in [5.74, 6) is -0.932. The van der Waals surface area contributed by atoms with Crippen molar-refractivity contribution in [1.29, 1.82) is 0 Å². The van der Waals surface area contributed by atoms with Crippen molar-refractivity contribution in [3.05, 3.63) is 69.8 Å². The van der Waals surface area contributed by atoms with Gasteiger partial charge in [0.15, 0.2) is 4.90 Å². The third-order valence-corrected chi connectivity index (χ3v) is 5.58. The lowest BCUT2D eigenvalue weighted by Crippen LogP contribution is -2.52. The second-order valence-electron chi connectivity index (χ2n) is 5.64. The number of nitrogens with one attached hydrogen (secondary N) is 1. The topological polar surface area (TPSA) is 132 Å². The van der Waals surface area contributed by atoms with Crippen LogP contribution in [0.4, 0.5) is 5.69 Å². The Kier molecular flexibility index (Phi) is 4.91. The Hall–Kier alpha value is -2.78. The minimum Gasteiger partial charge on any atom is -0.368 e. The van der Waals surface area contributed by atoms with Crippen LogP contribution in [0.25, 0.3) is 0 Å². The number of nitro benzene ring substituents is 1. The fourth-order valence-electron chi connectivity index (χ4n) is 2.47. The molecule has 132 valence electrons. The zero-order valence-electron chi connectivity index (χ0n) is 13.6. The van der Waals surface area contributed by atoms with Crippen LogP contribution < -0.4 is 10.5 Å². The lowest BCUT2D eigenvalue weighted by Gasteiger charge is -2.27. The maximum absolute atomic E-state index is 12.8. The molecule has 0 saturated carbocycles. The number of carbonyl (C=O) groups is 1. The van der Waals surface area contributed by atoms with Crippen molar-refractivity contribution in [3.63, 3.8) is 0 Å². The number of benzene rings is 2. The summed E-state index contributed by atoms with van der Waals surface area (Å²) in [5.41, 5.74) is 3.58. The first-order valence-corrected chi connectivity index (χ1v) is 8.71. The number of sulfonamides is 1. The number of hydrogen-bond donors (Lipinski definition) is 2. The average Bonchev–Trinajstić information content (AvgIpc) is 2.54. The van der Waals surface area contributed by atoms with Crippen LogP contribution in [-0.4, -0.2) is 19.2 Å². The van der Waals surface area contributed by atoms with Crippen molar-refractivity contribution < 1.29 is 18.1 Å². The van der Waals surface area contributed by atoms with Gasteiger partial charge in [-0.3, -0.25) is 14.9 Å². The SMILES string of the molecule is Cc1cccc([N+](=O)[O-])c1S(=O)(=O)N[C@](C)(C(N)=O)c1ccccc1. The molecule has 1 atom stereocenters. The summed E-state index contributed by atoms with van der Waals surface area (Å²) in [5, 5.41) is 11.2. The Bertz CT molecular complexity index is 928. The molecule has 8 nitrogen and oxygen atoms in total. The van der Waals surface area contributed by atoms with Crippen molar-refractivity contribution in [2.24, 2.45) is 5.73 Å². The Morgan fingerprint density at radius 2 is 1.76 bits per heavy atom. The van der Waals surface area contributed by atoms with Gasteiger partial charge >= 0.3 is 0 Å². The Morgan fingerprint density at radius 1 is 1.16 bits per heavy atom. The maximum atomic E-state index is 12.8. The van der Waals surface area contributed by atoms with Crippen molar-refractivity contribution in [2.45, 2.75) is 24.3 Å². The number of primary amides is 1. The molecule has 2 aromatic carbocycles.